The van der Waals surface area contributed by atoms with Gasteiger partial charge in [0.05, 0.1) is 5.75 Å². The molecule has 3 aromatic carbocycles. The van der Waals surface area contributed by atoms with E-state index in [0.717, 1.165) is 41.4 Å². The molecule has 0 spiro atoms. The highest BCUT2D eigenvalue weighted by atomic mass is 32.2. The summed E-state index contributed by atoms with van der Waals surface area (Å²) in [5, 5.41) is 1.97. The largest absolute Gasteiger partial charge is 0.457 e. The van der Waals surface area contributed by atoms with Crippen LogP contribution in [0.3, 0.4) is 0 Å². The monoisotopic (exact) mass is 604 g/mol. The number of hydrogen-bond acceptors (Lipinski definition) is 7. The first-order chi connectivity index (χ1) is 20.6. The fourth-order valence-corrected chi connectivity index (χ4v) is 4.98. The minimum absolute atomic E-state index is 0.0903. The number of para-hydroxylation sites is 2. The number of ether oxygens (including phenoxy) is 2. The zero-order chi connectivity index (χ0) is 30.8. The van der Waals surface area contributed by atoms with Crippen molar-refractivity contribution in [3.63, 3.8) is 0 Å². The number of benzene rings is 3. The Bertz CT molecular complexity index is 1430. The molecular weight excluding hydrogens is 568 g/mol. The van der Waals surface area contributed by atoms with Gasteiger partial charge >= 0.3 is 6.09 Å². The Balaban J connectivity index is 1.32. The number of carbonyl (C=O) groups is 4. The van der Waals surface area contributed by atoms with Crippen LogP contribution in [0.4, 0.5) is 15.3 Å². The van der Waals surface area contributed by atoms with Crippen LogP contribution in [-0.4, -0.2) is 47.1 Å². The van der Waals surface area contributed by atoms with Crippen LogP contribution >= 0.6 is 11.8 Å². The second-order valence-electron chi connectivity index (χ2n) is 10.9. The topological polar surface area (TPSA) is 126 Å². The van der Waals surface area contributed by atoms with E-state index in [0.29, 0.717) is 18.0 Å². The summed E-state index contributed by atoms with van der Waals surface area (Å²) in [5.41, 5.74) is 6.62. The first-order valence-electron chi connectivity index (χ1n) is 14.0. The molecule has 3 N–H and O–H groups in total. The Labute approximate surface area is 255 Å². The molecule has 4 amide bonds. The van der Waals surface area contributed by atoms with Crippen molar-refractivity contribution in [2.24, 2.45) is 0 Å². The SMILES string of the molecule is CC(C)(C)OC(=O)N[C@@H](Cc1ccc(Oc2ccccc2)cc1)C(=O)NNC(=O)SCC(=O)N1CCCc2ccccc21. The molecule has 1 heterocycles. The number of nitrogens with zero attached hydrogens (tertiary/aromatic N) is 1. The highest BCUT2D eigenvalue weighted by molar-refractivity contribution is 8.14. The smallest absolute Gasteiger partial charge is 0.408 e. The van der Waals surface area contributed by atoms with E-state index in [4.69, 9.17) is 9.47 Å². The lowest BCUT2D eigenvalue weighted by Crippen LogP contribution is -2.53. The molecule has 0 radical (unpaired) electrons. The van der Waals surface area contributed by atoms with Crippen LogP contribution in [0.5, 0.6) is 11.5 Å². The summed E-state index contributed by atoms with van der Waals surface area (Å²) in [6.45, 7) is 5.74. The van der Waals surface area contributed by atoms with E-state index in [9.17, 15) is 19.2 Å². The molecule has 0 aliphatic carbocycles. The van der Waals surface area contributed by atoms with Gasteiger partial charge in [-0.2, -0.15) is 0 Å². The first-order valence-corrected chi connectivity index (χ1v) is 15.0. The van der Waals surface area contributed by atoms with E-state index >= 15 is 0 Å². The maximum atomic E-state index is 13.1. The highest BCUT2D eigenvalue weighted by Crippen LogP contribution is 2.27. The molecule has 3 aromatic rings. The molecule has 10 nitrogen and oxygen atoms in total. The second kappa shape index (κ2) is 14.6. The first kappa shape index (κ1) is 31.4. The van der Waals surface area contributed by atoms with Gasteiger partial charge in [-0.25, -0.2) is 4.79 Å². The van der Waals surface area contributed by atoms with Crippen molar-refractivity contribution in [2.45, 2.75) is 51.7 Å². The van der Waals surface area contributed by atoms with Crippen LogP contribution in [0.1, 0.15) is 38.3 Å². The molecule has 43 heavy (non-hydrogen) atoms. The van der Waals surface area contributed by atoms with Crippen molar-refractivity contribution in [2.75, 3.05) is 17.2 Å². The van der Waals surface area contributed by atoms with Crippen LogP contribution in [0.15, 0.2) is 78.9 Å². The van der Waals surface area contributed by atoms with Crippen molar-refractivity contribution in [3.8, 4) is 11.5 Å². The minimum Gasteiger partial charge on any atom is -0.457 e. The van der Waals surface area contributed by atoms with Gasteiger partial charge in [-0.3, -0.25) is 25.2 Å². The summed E-state index contributed by atoms with van der Waals surface area (Å²) in [4.78, 5) is 52.6. The lowest BCUT2D eigenvalue weighted by Gasteiger charge is -2.29. The number of nitrogens with one attached hydrogen (secondary N) is 3. The highest BCUT2D eigenvalue weighted by Gasteiger charge is 2.26. The summed E-state index contributed by atoms with van der Waals surface area (Å²) >= 11 is 0.753. The van der Waals surface area contributed by atoms with Crippen molar-refractivity contribution < 1.29 is 28.7 Å². The molecule has 0 saturated carbocycles. The Morgan fingerprint density at radius 2 is 1.56 bits per heavy atom. The van der Waals surface area contributed by atoms with Crippen molar-refractivity contribution in [3.05, 3.63) is 90.0 Å². The van der Waals surface area contributed by atoms with E-state index in [1.165, 1.54) is 0 Å². The number of fused-ring (bicyclic) bond motifs is 1. The molecule has 11 heteroatoms. The standard InChI is InChI=1S/C32H36N4O6S/c1-32(2,3)42-30(39)33-26(20-22-15-17-25(18-16-22)41-24-12-5-4-6-13-24)29(38)34-35-31(40)43-21-28(37)36-19-9-11-23-10-7-8-14-27(23)36/h4-8,10,12-18,26H,9,11,19-21H2,1-3H3,(H,33,39)(H,34,38)(H,35,40)/t26-/m0/s1. The normalized spacial score (nSPS) is 13.2. The number of aryl methyl sites for hydroxylation is 1. The molecule has 0 fully saturated rings. The minimum atomic E-state index is -1.06. The van der Waals surface area contributed by atoms with E-state index in [2.05, 4.69) is 16.2 Å². The number of hydrogen-bond donors (Lipinski definition) is 3. The molecule has 0 aromatic heterocycles. The fraction of sp³-hybridized carbons (Fsp3) is 0.312. The average molecular weight is 605 g/mol. The zero-order valence-electron chi connectivity index (χ0n) is 24.4. The van der Waals surface area contributed by atoms with Gasteiger partial charge in [0.1, 0.15) is 23.1 Å². The summed E-state index contributed by atoms with van der Waals surface area (Å²) in [6.07, 6.45) is 1.10. The van der Waals surface area contributed by atoms with Gasteiger partial charge in [0.2, 0.25) is 5.91 Å². The maximum absolute atomic E-state index is 13.1. The Kier molecular flexibility index (Phi) is 10.7. The number of alkyl carbamates (subject to hydrolysis) is 1. The fourth-order valence-electron chi connectivity index (χ4n) is 4.45. The summed E-state index contributed by atoms with van der Waals surface area (Å²) in [6, 6.07) is 23.1. The van der Waals surface area contributed by atoms with Crippen LogP contribution in [0, 0.1) is 0 Å². The molecule has 226 valence electrons. The van der Waals surface area contributed by atoms with Crippen LogP contribution in [-0.2, 0) is 27.2 Å². The van der Waals surface area contributed by atoms with Crippen molar-refractivity contribution in [1.29, 1.82) is 0 Å². The lowest BCUT2D eigenvalue weighted by molar-refractivity contribution is -0.123. The van der Waals surface area contributed by atoms with E-state index in [1.54, 1.807) is 49.9 Å². The Morgan fingerprint density at radius 3 is 2.28 bits per heavy atom. The number of thioether (sulfide) groups is 1. The third kappa shape index (κ3) is 9.78. The number of carbonyl (C=O) groups excluding carboxylic acids is 4. The van der Waals surface area contributed by atoms with E-state index in [1.807, 2.05) is 54.6 Å². The molecule has 0 unspecified atom stereocenters. The van der Waals surface area contributed by atoms with E-state index < -0.39 is 28.9 Å². The summed E-state index contributed by atoms with van der Waals surface area (Å²) in [5.74, 6) is 0.370. The molecule has 1 aliphatic heterocycles. The zero-order valence-corrected chi connectivity index (χ0v) is 25.2. The van der Waals surface area contributed by atoms with Gasteiger partial charge in [0.25, 0.3) is 11.1 Å². The number of hydrazine groups is 1. The average Bonchev–Trinajstić information content (AvgIpc) is 2.98. The van der Waals surface area contributed by atoms with Crippen LogP contribution in [0.25, 0.3) is 0 Å². The summed E-state index contributed by atoms with van der Waals surface area (Å²) < 4.78 is 11.2. The molecule has 0 bridgehead atoms. The second-order valence-corrected chi connectivity index (χ2v) is 11.9. The molecule has 1 aliphatic rings. The quantitative estimate of drug-likeness (QED) is 0.295. The number of anilines is 1. The van der Waals surface area contributed by atoms with Crippen molar-refractivity contribution in [1.82, 2.24) is 16.2 Å². The van der Waals surface area contributed by atoms with E-state index in [-0.39, 0.29) is 18.1 Å². The van der Waals surface area contributed by atoms with Gasteiger partial charge in [-0.05, 0) is 75.1 Å². The number of rotatable bonds is 8. The van der Waals surface area contributed by atoms with Gasteiger partial charge < -0.3 is 19.7 Å². The predicted octanol–water partition coefficient (Wildman–Crippen LogP) is 5.37. The lowest BCUT2D eigenvalue weighted by atomic mass is 10.0. The molecular formula is C32H36N4O6S. The van der Waals surface area contributed by atoms with Gasteiger partial charge in [0.15, 0.2) is 0 Å². The van der Waals surface area contributed by atoms with Crippen molar-refractivity contribution >= 4 is 40.6 Å². The maximum Gasteiger partial charge on any atom is 0.408 e. The molecule has 0 saturated heterocycles. The molecule has 1 atom stereocenters. The van der Waals surface area contributed by atoms with Gasteiger partial charge in [-0.15, -0.1) is 0 Å². The number of amides is 4. The third-order valence-electron chi connectivity index (χ3n) is 6.38. The van der Waals surface area contributed by atoms with Gasteiger partial charge in [0, 0.05) is 18.7 Å². The Morgan fingerprint density at radius 1 is 0.884 bits per heavy atom. The van der Waals surface area contributed by atoms with Gasteiger partial charge in [-0.1, -0.05) is 60.3 Å². The third-order valence-corrected chi connectivity index (χ3v) is 7.13. The predicted molar refractivity (Wildman–Crippen MR) is 166 cm³/mol. The Hall–Kier alpha value is -4.51. The van der Waals surface area contributed by atoms with Crippen LogP contribution in [0.2, 0.25) is 0 Å². The van der Waals surface area contributed by atoms with Crippen LogP contribution < -0.4 is 25.8 Å². The summed E-state index contributed by atoms with van der Waals surface area (Å²) in [7, 11) is 0. The molecule has 4 rings (SSSR count).